The fraction of sp³-hybridized carbons (Fsp3) is 0.769. The van der Waals surface area contributed by atoms with Gasteiger partial charge in [0, 0.05) is 31.6 Å². The number of rotatable bonds is 3. The van der Waals surface area contributed by atoms with Gasteiger partial charge in [0.15, 0.2) is 0 Å². The van der Waals surface area contributed by atoms with E-state index in [1.165, 1.54) is 18.7 Å². The Labute approximate surface area is 102 Å². The van der Waals surface area contributed by atoms with Crippen molar-refractivity contribution in [1.82, 2.24) is 9.55 Å². The highest BCUT2D eigenvalue weighted by Gasteiger charge is 2.31. The summed E-state index contributed by atoms with van der Waals surface area (Å²) in [5.74, 6) is 2.61. The molecule has 4 nitrogen and oxygen atoms in total. The molecule has 1 aliphatic carbocycles. The van der Waals surface area contributed by atoms with Crippen molar-refractivity contribution in [3.63, 3.8) is 0 Å². The molecule has 2 N–H and O–H groups in total. The van der Waals surface area contributed by atoms with E-state index in [-0.39, 0.29) is 0 Å². The summed E-state index contributed by atoms with van der Waals surface area (Å²) in [5, 5.41) is 0. The van der Waals surface area contributed by atoms with E-state index in [0.29, 0.717) is 12.0 Å². The summed E-state index contributed by atoms with van der Waals surface area (Å²) in [5.41, 5.74) is 7.45. The molecule has 2 aliphatic rings. The summed E-state index contributed by atoms with van der Waals surface area (Å²) in [6, 6.07) is 0.631. The lowest BCUT2D eigenvalue weighted by Crippen LogP contribution is -2.15. The third-order valence-electron chi connectivity index (χ3n) is 3.89. The van der Waals surface area contributed by atoms with Crippen molar-refractivity contribution in [3.8, 4) is 0 Å². The molecule has 94 valence electrons. The molecule has 0 bridgehead atoms. The zero-order valence-corrected chi connectivity index (χ0v) is 10.5. The van der Waals surface area contributed by atoms with Crippen LogP contribution in [0.5, 0.6) is 0 Å². The maximum absolute atomic E-state index is 6.31. The van der Waals surface area contributed by atoms with Crippen LogP contribution >= 0.6 is 0 Å². The van der Waals surface area contributed by atoms with Gasteiger partial charge in [-0.05, 0) is 25.7 Å². The van der Waals surface area contributed by atoms with Crippen LogP contribution in [0.3, 0.4) is 0 Å². The van der Waals surface area contributed by atoms with Crippen LogP contribution in [0, 0.1) is 0 Å². The van der Waals surface area contributed by atoms with Crippen molar-refractivity contribution in [2.45, 2.75) is 51.0 Å². The molecule has 1 aromatic rings. The van der Waals surface area contributed by atoms with Crippen LogP contribution in [0.25, 0.3) is 0 Å². The number of ether oxygens (including phenoxy) is 1. The number of hydrogen-bond donors (Lipinski definition) is 1. The van der Waals surface area contributed by atoms with E-state index in [4.69, 9.17) is 15.5 Å². The number of anilines is 1. The highest BCUT2D eigenvalue weighted by atomic mass is 16.5. The van der Waals surface area contributed by atoms with Gasteiger partial charge in [0.1, 0.15) is 11.6 Å². The maximum atomic E-state index is 6.31. The molecule has 2 fully saturated rings. The Morgan fingerprint density at radius 1 is 1.29 bits per heavy atom. The molecule has 0 spiro atoms. The standard InChI is InChI=1S/C13H21N3O/c1-2-11-15-12(9-5-7-17-8-6-9)13(14)16(11)10-3-4-10/h9-10H,2-8,14H2,1H3. The molecule has 2 heterocycles. The van der Waals surface area contributed by atoms with Gasteiger partial charge in [-0.1, -0.05) is 6.92 Å². The van der Waals surface area contributed by atoms with Gasteiger partial charge in [-0.2, -0.15) is 0 Å². The molecule has 0 atom stereocenters. The van der Waals surface area contributed by atoms with E-state index >= 15 is 0 Å². The second-order valence-corrected chi connectivity index (χ2v) is 5.14. The van der Waals surface area contributed by atoms with Crippen LogP contribution in [0.4, 0.5) is 5.82 Å². The van der Waals surface area contributed by atoms with Gasteiger partial charge in [-0.3, -0.25) is 0 Å². The highest BCUT2D eigenvalue weighted by molar-refractivity contribution is 5.42. The molecular weight excluding hydrogens is 214 g/mol. The second-order valence-electron chi connectivity index (χ2n) is 5.14. The quantitative estimate of drug-likeness (QED) is 0.874. The van der Waals surface area contributed by atoms with Gasteiger partial charge >= 0.3 is 0 Å². The Balaban J connectivity index is 1.93. The minimum Gasteiger partial charge on any atom is -0.384 e. The Morgan fingerprint density at radius 2 is 2.00 bits per heavy atom. The van der Waals surface area contributed by atoms with Gasteiger partial charge in [0.25, 0.3) is 0 Å². The third kappa shape index (κ3) is 1.95. The minimum absolute atomic E-state index is 0.508. The van der Waals surface area contributed by atoms with E-state index in [0.717, 1.165) is 44.0 Å². The van der Waals surface area contributed by atoms with Crippen LogP contribution in [0.2, 0.25) is 0 Å². The fourth-order valence-electron chi connectivity index (χ4n) is 2.77. The normalized spacial score (nSPS) is 21.9. The molecular formula is C13H21N3O. The first-order chi connectivity index (χ1) is 8.31. The van der Waals surface area contributed by atoms with Gasteiger partial charge < -0.3 is 15.0 Å². The maximum Gasteiger partial charge on any atom is 0.127 e. The molecule has 0 amide bonds. The zero-order valence-electron chi connectivity index (χ0n) is 10.5. The highest BCUT2D eigenvalue weighted by Crippen LogP contribution is 2.41. The summed E-state index contributed by atoms with van der Waals surface area (Å²) in [7, 11) is 0. The molecule has 1 saturated heterocycles. The molecule has 1 aliphatic heterocycles. The molecule has 1 saturated carbocycles. The molecule has 1 aromatic heterocycles. The number of aromatic nitrogens is 2. The molecule has 0 unspecified atom stereocenters. The van der Waals surface area contributed by atoms with Crippen molar-refractivity contribution < 1.29 is 4.74 Å². The van der Waals surface area contributed by atoms with E-state index < -0.39 is 0 Å². The smallest absolute Gasteiger partial charge is 0.127 e. The van der Waals surface area contributed by atoms with Gasteiger partial charge in [-0.25, -0.2) is 4.98 Å². The van der Waals surface area contributed by atoms with Crippen molar-refractivity contribution in [3.05, 3.63) is 11.5 Å². The Morgan fingerprint density at radius 3 is 2.59 bits per heavy atom. The first-order valence-corrected chi connectivity index (χ1v) is 6.75. The lowest BCUT2D eigenvalue weighted by molar-refractivity contribution is 0.0847. The van der Waals surface area contributed by atoms with Crippen molar-refractivity contribution in [1.29, 1.82) is 0 Å². The van der Waals surface area contributed by atoms with Crippen LogP contribution in [0.15, 0.2) is 0 Å². The van der Waals surface area contributed by atoms with Crippen LogP contribution in [-0.4, -0.2) is 22.8 Å². The predicted molar refractivity (Wildman–Crippen MR) is 67.1 cm³/mol. The first kappa shape index (κ1) is 11.1. The number of imidazole rings is 1. The van der Waals surface area contributed by atoms with Crippen LogP contribution in [-0.2, 0) is 11.2 Å². The first-order valence-electron chi connectivity index (χ1n) is 6.75. The van der Waals surface area contributed by atoms with Gasteiger partial charge in [-0.15, -0.1) is 0 Å². The van der Waals surface area contributed by atoms with E-state index in [2.05, 4.69) is 11.5 Å². The molecule has 4 heteroatoms. The fourth-order valence-corrected chi connectivity index (χ4v) is 2.77. The number of nitrogens with zero attached hydrogens (tertiary/aromatic N) is 2. The third-order valence-corrected chi connectivity index (χ3v) is 3.89. The SMILES string of the molecule is CCc1nc(C2CCOCC2)c(N)n1C1CC1. The summed E-state index contributed by atoms with van der Waals surface area (Å²) < 4.78 is 7.69. The molecule has 0 aromatic carbocycles. The molecule has 3 rings (SSSR count). The van der Waals surface area contributed by atoms with Crippen LogP contribution < -0.4 is 5.73 Å². The summed E-state index contributed by atoms with van der Waals surface area (Å²) in [6.45, 7) is 3.86. The predicted octanol–water partition coefficient (Wildman–Crippen LogP) is 2.26. The largest absolute Gasteiger partial charge is 0.384 e. The summed E-state index contributed by atoms with van der Waals surface area (Å²) in [4.78, 5) is 4.80. The summed E-state index contributed by atoms with van der Waals surface area (Å²) in [6.07, 6.45) is 5.63. The Bertz CT molecular complexity index is 403. The number of nitrogen functional groups attached to an aromatic ring is 1. The number of aryl methyl sites for hydroxylation is 1. The molecule has 17 heavy (non-hydrogen) atoms. The zero-order chi connectivity index (χ0) is 11.8. The Hall–Kier alpha value is -1.03. The number of nitrogens with two attached hydrogens (primary N) is 1. The number of hydrogen-bond acceptors (Lipinski definition) is 3. The van der Waals surface area contributed by atoms with E-state index in [1.807, 2.05) is 0 Å². The van der Waals surface area contributed by atoms with Crippen molar-refractivity contribution >= 4 is 5.82 Å². The minimum atomic E-state index is 0.508. The lowest BCUT2D eigenvalue weighted by atomic mass is 9.96. The van der Waals surface area contributed by atoms with Crippen LogP contribution in [0.1, 0.15) is 56.1 Å². The molecule has 0 radical (unpaired) electrons. The van der Waals surface area contributed by atoms with Gasteiger partial charge in [0.05, 0.1) is 5.69 Å². The average Bonchev–Trinajstić information content (AvgIpc) is 3.14. The summed E-state index contributed by atoms with van der Waals surface area (Å²) >= 11 is 0. The van der Waals surface area contributed by atoms with Crippen molar-refractivity contribution in [2.75, 3.05) is 18.9 Å². The lowest BCUT2D eigenvalue weighted by Gasteiger charge is -2.20. The van der Waals surface area contributed by atoms with Crippen molar-refractivity contribution in [2.24, 2.45) is 0 Å². The van der Waals surface area contributed by atoms with E-state index in [1.54, 1.807) is 0 Å². The monoisotopic (exact) mass is 235 g/mol. The van der Waals surface area contributed by atoms with Gasteiger partial charge in [0.2, 0.25) is 0 Å². The topological polar surface area (TPSA) is 53.1 Å². The average molecular weight is 235 g/mol. The second kappa shape index (κ2) is 4.33. The van der Waals surface area contributed by atoms with E-state index in [9.17, 15) is 0 Å². The Kier molecular flexibility index (Phi) is 2.82.